The molecule has 2 atom stereocenters. The van der Waals surface area contributed by atoms with E-state index in [-0.39, 0.29) is 11.5 Å². The van der Waals surface area contributed by atoms with Gasteiger partial charge in [-0.15, -0.1) is 0 Å². The molecule has 2 rings (SSSR count). The second-order valence-electron chi connectivity index (χ2n) is 9.42. The lowest BCUT2D eigenvalue weighted by Crippen LogP contribution is -2.42. The fourth-order valence-electron chi connectivity index (χ4n) is 5.64. The number of amides is 1. The van der Waals surface area contributed by atoms with Crippen molar-refractivity contribution in [2.75, 3.05) is 13.1 Å². The van der Waals surface area contributed by atoms with Crippen molar-refractivity contribution in [3.8, 4) is 0 Å². The first-order valence-electron chi connectivity index (χ1n) is 12.2. The van der Waals surface area contributed by atoms with Gasteiger partial charge in [0.15, 0.2) is 0 Å². The molecule has 4 heteroatoms. The maximum atomic E-state index is 13.2. The van der Waals surface area contributed by atoms with Crippen LogP contribution in [-0.4, -0.2) is 40.1 Å². The van der Waals surface area contributed by atoms with Crippen LogP contribution in [0.1, 0.15) is 117 Å². The molecule has 2 unspecified atom stereocenters. The molecule has 0 radical (unpaired) electrons. The van der Waals surface area contributed by atoms with Crippen LogP contribution in [0.15, 0.2) is 0 Å². The molecule has 2 fully saturated rings. The van der Waals surface area contributed by atoms with Gasteiger partial charge < -0.3 is 5.11 Å². The molecule has 1 aliphatic carbocycles. The van der Waals surface area contributed by atoms with Gasteiger partial charge in [0.05, 0.1) is 19.0 Å². The van der Waals surface area contributed by atoms with E-state index in [2.05, 4.69) is 13.8 Å². The van der Waals surface area contributed by atoms with Gasteiger partial charge >= 0.3 is 11.9 Å². The Morgan fingerprint density at radius 1 is 0.929 bits per heavy atom. The van der Waals surface area contributed by atoms with Crippen molar-refractivity contribution >= 4 is 11.9 Å². The highest BCUT2D eigenvalue weighted by atomic mass is 16.4. The van der Waals surface area contributed by atoms with Gasteiger partial charge in [-0.3, -0.25) is 4.79 Å². The Kier molecular flexibility index (Phi) is 9.46. The summed E-state index contributed by atoms with van der Waals surface area (Å²) < 4.78 is 0.623. The lowest BCUT2D eigenvalue weighted by Gasteiger charge is -2.29. The van der Waals surface area contributed by atoms with Crippen LogP contribution in [0.3, 0.4) is 0 Å². The average Bonchev–Trinajstić information content (AvgIpc) is 3.16. The van der Waals surface area contributed by atoms with Crippen LogP contribution in [0.5, 0.6) is 0 Å². The predicted octanol–water partition coefficient (Wildman–Crippen LogP) is 6.08. The topological polar surface area (TPSA) is 54.4 Å². The fourth-order valence-corrected chi connectivity index (χ4v) is 5.64. The van der Waals surface area contributed by atoms with E-state index in [1.54, 1.807) is 0 Å². The van der Waals surface area contributed by atoms with Gasteiger partial charge in [0.1, 0.15) is 0 Å². The van der Waals surface area contributed by atoms with E-state index in [4.69, 9.17) is 0 Å². The van der Waals surface area contributed by atoms with Crippen molar-refractivity contribution in [1.82, 2.24) is 0 Å². The summed E-state index contributed by atoms with van der Waals surface area (Å²) in [6.45, 7) is 6.38. The number of nitrogens with zero attached hydrogens (tertiary/aromatic N) is 1. The van der Waals surface area contributed by atoms with Gasteiger partial charge in [0.2, 0.25) is 5.54 Å². The number of carbonyl (C=O) groups is 2. The Labute approximate surface area is 172 Å². The molecule has 1 heterocycles. The fraction of sp³-hybridized carbons (Fsp3) is 0.917. The second kappa shape index (κ2) is 11.3. The van der Waals surface area contributed by atoms with Crippen LogP contribution in [0.4, 0.5) is 0 Å². The average molecular weight is 395 g/mol. The third-order valence-electron chi connectivity index (χ3n) is 7.42. The number of quaternary nitrogens is 1. The van der Waals surface area contributed by atoms with E-state index in [0.29, 0.717) is 16.8 Å². The second-order valence-corrected chi connectivity index (χ2v) is 9.42. The molecule has 1 amide bonds. The molecule has 0 aromatic carbocycles. The lowest BCUT2D eigenvalue weighted by molar-refractivity contribution is -0.799. The number of aliphatic carboxylic acids is 1. The Morgan fingerprint density at radius 2 is 1.43 bits per heavy atom. The molecule has 4 nitrogen and oxygen atoms in total. The first-order chi connectivity index (χ1) is 13.5. The summed E-state index contributed by atoms with van der Waals surface area (Å²) in [5.74, 6) is -0.636. The third kappa shape index (κ3) is 5.37. The van der Waals surface area contributed by atoms with Gasteiger partial charge in [-0.1, -0.05) is 65.2 Å². The molecule has 1 saturated heterocycles. The monoisotopic (exact) mass is 394 g/mol. The molecular weight excluding hydrogens is 350 g/mol. The van der Waals surface area contributed by atoms with Crippen molar-refractivity contribution in [3.63, 3.8) is 0 Å². The van der Waals surface area contributed by atoms with Crippen molar-refractivity contribution in [2.24, 2.45) is 5.92 Å². The minimum atomic E-state index is -0.698. The van der Waals surface area contributed by atoms with E-state index in [0.717, 1.165) is 45.2 Å². The number of carboxylic acids is 1. The summed E-state index contributed by atoms with van der Waals surface area (Å²) in [7, 11) is 0. The lowest BCUT2D eigenvalue weighted by atomic mass is 9.80. The van der Waals surface area contributed by atoms with E-state index < -0.39 is 5.97 Å². The van der Waals surface area contributed by atoms with E-state index in [1.165, 1.54) is 64.2 Å². The molecule has 1 spiro atoms. The van der Waals surface area contributed by atoms with E-state index in [1.807, 2.05) is 0 Å². The minimum Gasteiger partial charge on any atom is -0.481 e. The molecule has 0 aromatic heterocycles. The number of hydrogen-bond donors (Lipinski definition) is 1. The standard InChI is InChI=1S/C24H43NO3/c1-3-5-7-9-11-13-18-25(19-14-12-10-8-6-4-2)23(28)24(25)17-15-16-21(20-24)22(26)27/h21H,3-20H2,1-2H3/p+1. The highest BCUT2D eigenvalue weighted by molar-refractivity contribution is 5.93. The summed E-state index contributed by atoms with van der Waals surface area (Å²) in [4.78, 5) is 24.8. The summed E-state index contributed by atoms with van der Waals surface area (Å²) in [5, 5.41) is 9.53. The zero-order chi connectivity index (χ0) is 20.5. The molecule has 2 aliphatic rings. The van der Waals surface area contributed by atoms with Gasteiger partial charge in [-0.25, -0.2) is 9.28 Å². The maximum Gasteiger partial charge on any atom is 0.376 e. The van der Waals surface area contributed by atoms with Crippen LogP contribution >= 0.6 is 0 Å². The van der Waals surface area contributed by atoms with Crippen molar-refractivity contribution in [1.29, 1.82) is 0 Å². The van der Waals surface area contributed by atoms with Crippen LogP contribution < -0.4 is 0 Å². The molecule has 1 N–H and O–H groups in total. The van der Waals surface area contributed by atoms with Gasteiger partial charge in [0, 0.05) is 12.8 Å². The van der Waals surface area contributed by atoms with E-state index in [9.17, 15) is 14.7 Å². The zero-order valence-corrected chi connectivity index (χ0v) is 18.5. The molecule has 0 bridgehead atoms. The summed E-state index contributed by atoms with van der Waals surface area (Å²) in [6.07, 6.45) is 18.1. The molecule has 0 aromatic rings. The van der Waals surface area contributed by atoms with Gasteiger partial charge in [-0.2, -0.15) is 0 Å². The first-order valence-corrected chi connectivity index (χ1v) is 12.2. The molecular formula is C24H44NO3+. The number of unbranched alkanes of at least 4 members (excludes halogenated alkanes) is 10. The SMILES string of the molecule is CCCCCCCC[N+]1(CCCCCCCC)C(=O)C12CCCC(C(=O)O)C2. The maximum absolute atomic E-state index is 13.2. The van der Waals surface area contributed by atoms with Crippen LogP contribution in [0.25, 0.3) is 0 Å². The van der Waals surface area contributed by atoms with Crippen LogP contribution in [0, 0.1) is 5.92 Å². The number of carboxylic acid groups (broad SMARTS) is 1. The molecule has 1 saturated carbocycles. The van der Waals surface area contributed by atoms with Crippen molar-refractivity contribution in [2.45, 2.75) is 122 Å². The Hall–Kier alpha value is -0.900. The Balaban J connectivity index is 1.92. The largest absolute Gasteiger partial charge is 0.481 e. The van der Waals surface area contributed by atoms with Crippen molar-refractivity contribution in [3.05, 3.63) is 0 Å². The number of hydrogen-bond acceptors (Lipinski definition) is 2. The Morgan fingerprint density at radius 3 is 1.93 bits per heavy atom. The summed E-state index contributed by atoms with van der Waals surface area (Å²) in [6, 6.07) is 0. The highest BCUT2D eigenvalue weighted by Gasteiger charge is 2.80. The molecule has 28 heavy (non-hydrogen) atoms. The minimum absolute atomic E-state index is 0.313. The van der Waals surface area contributed by atoms with Crippen molar-refractivity contribution < 1.29 is 19.2 Å². The number of rotatable bonds is 15. The summed E-state index contributed by atoms with van der Waals surface area (Å²) >= 11 is 0. The highest BCUT2D eigenvalue weighted by Crippen LogP contribution is 2.55. The quantitative estimate of drug-likeness (QED) is 0.208. The van der Waals surface area contributed by atoms with Gasteiger partial charge in [-0.05, 0) is 38.5 Å². The first kappa shape index (κ1) is 23.4. The molecule has 162 valence electrons. The number of carbonyl (C=O) groups excluding carboxylic acids is 1. The smallest absolute Gasteiger partial charge is 0.376 e. The summed E-state index contributed by atoms with van der Waals surface area (Å²) in [5.41, 5.74) is -0.339. The molecule has 1 aliphatic heterocycles. The van der Waals surface area contributed by atoms with Crippen LogP contribution in [-0.2, 0) is 9.59 Å². The van der Waals surface area contributed by atoms with Gasteiger partial charge in [0.25, 0.3) is 0 Å². The third-order valence-corrected chi connectivity index (χ3v) is 7.42. The van der Waals surface area contributed by atoms with Crippen LogP contribution in [0.2, 0.25) is 0 Å². The predicted molar refractivity (Wildman–Crippen MR) is 114 cm³/mol. The normalized spacial score (nSPS) is 25.9. The zero-order valence-electron chi connectivity index (χ0n) is 18.5. The van der Waals surface area contributed by atoms with E-state index >= 15 is 0 Å². The Bertz CT molecular complexity index is 488.